The summed E-state index contributed by atoms with van der Waals surface area (Å²) in [4.78, 5) is 13.7. The summed E-state index contributed by atoms with van der Waals surface area (Å²) in [6.45, 7) is 0.768. The van der Waals surface area contributed by atoms with Crippen molar-refractivity contribution < 1.29 is 18.0 Å². The Kier molecular flexibility index (Phi) is 3.49. The lowest BCUT2D eigenvalue weighted by Gasteiger charge is -2.22. The normalized spacial score (nSPS) is 14.2. The number of carbonyl (C=O) groups excluding carboxylic acids is 1. The summed E-state index contributed by atoms with van der Waals surface area (Å²) < 4.78 is 24.3. The van der Waals surface area contributed by atoms with Crippen molar-refractivity contribution in [1.29, 1.82) is 0 Å². The van der Waals surface area contributed by atoms with E-state index >= 15 is 0 Å². The van der Waals surface area contributed by atoms with Gasteiger partial charge in [-0.1, -0.05) is 0 Å². The summed E-state index contributed by atoms with van der Waals surface area (Å²) in [5.41, 5.74) is 1.14. The van der Waals surface area contributed by atoms with Crippen LogP contribution >= 0.6 is 0 Å². The van der Waals surface area contributed by atoms with Gasteiger partial charge in [0.1, 0.15) is 5.82 Å². The molecule has 0 aliphatic carbocycles. The van der Waals surface area contributed by atoms with E-state index in [0.29, 0.717) is 42.0 Å². The molecule has 0 bridgehead atoms. The fourth-order valence-corrected chi connectivity index (χ4v) is 2.60. The second kappa shape index (κ2) is 5.80. The Morgan fingerprint density at radius 1 is 1.29 bits per heavy atom. The molecule has 1 N–H and O–H groups in total. The van der Waals surface area contributed by atoms with Crippen LogP contribution in [-0.4, -0.2) is 22.6 Å². The second-order valence-electron chi connectivity index (χ2n) is 5.36. The molecule has 0 atom stereocenters. The smallest absolute Gasteiger partial charge is 0.283 e. The molecule has 4 rings (SSSR count). The van der Waals surface area contributed by atoms with E-state index in [0.717, 1.165) is 0 Å². The fourth-order valence-electron chi connectivity index (χ4n) is 2.60. The van der Waals surface area contributed by atoms with Crippen LogP contribution in [0.25, 0.3) is 11.7 Å². The van der Waals surface area contributed by atoms with Crippen molar-refractivity contribution in [2.45, 2.75) is 13.0 Å². The first-order chi connectivity index (χ1) is 11.7. The van der Waals surface area contributed by atoms with Crippen LogP contribution in [0, 0.1) is 5.82 Å². The van der Waals surface area contributed by atoms with Crippen molar-refractivity contribution in [3.05, 3.63) is 48.3 Å². The molecule has 0 saturated heterocycles. The highest BCUT2D eigenvalue weighted by atomic mass is 19.1. The quantitative estimate of drug-likeness (QED) is 0.796. The van der Waals surface area contributed by atoms with Crippen molar-refractivity contribution >= 4 is 17.3 Å². The average molecular weight is 328 g/mol. The number of anilines is 2. The first-order valence-corrected chi connectivity index (χ1v) is 7.39. The van der Waals surface area contributed by atoms with Gasteiger partial charge < -0.3 is 19.1 Å². The fraction of sp³-hybridized carbons (Fsp3) is 0.188. The second-order valence-corrected chi connectivity index (χ2v) is 5.36. The Labute approximate surface area is 136 Å². The number of aromatic nitrogens is 2. The van der Waals surface area contributed by atoms with E-state index in [2.05, 4.69) is 15.5 Å². The van der Waals surface area contributed by atoms with E-state index < -0.39 is 5.82 Å². The van der Waals surface area contributed by atoms with Gasteiger partial charge in [-0.3, -0.25) is 4.79 Å². The van der Waals surface area contributed by atoms with Gasteiger partial charge in [-0.2, -0.15) is 0 Å². The predicted molar refractivity (Wildman–Crippen MR) is 82.7 cm³/mol. The van der Waals surface area contributed by atoms with Crippen molar-refractivity contribution in [3.63, 3.8) is 0 Å². The lowest BCUT2D eigenvalue weighted by Crippen LogP contribution is -2.24. The minimum Gasteiger partial charge on any atom is -0.459 e. The number of amides is 1. The summed E-state index contributed by atoms with van der Waals surface area (Å²) >= 11 is 0. The number of halogens is 1. The molecule has 0 unspecified atom stereocenters. The highest BCUT2D eigenvalue weighted by Crippen LogP contribution is 2.31. The lowest BCUT2D eigenvalue weighted by atomic mass is 10.2. The zero-order valence-electron chi connectivity index (χ0n) is 12.5. The highest BCUT2D eigenvalue weighted by molar-refractivity contribution is 5.96. The molecule has 1 amide bonds. The van der Waals surface area contributed by atoms with Gasteiger partial charge in [0.25, 0.3) is 5.89 Å². The first-order valence-electron chi connectivity index (χ1n) is 7.39. The number of nitrogens with one attached hydrogen (secondary N) is 1. The summed E-state index contributed by atoms with van der Waals surface area (Å²) in [6, 6.07) is 7.74. The van der Waals surface area contributed by atoms with Crippen molar-refractivity contribution in [1.82, 2.24) is 10.2 Å². The van der Waals surface area contributed by atoms with Gasteiger partial charge in [0.15, 0.2) is 5.76 Å². The maximum Gasteiger partial charge on any atom is 0.283 e. The van der Waals surface area contributed by atoms with E-state index in [9.17, 15) is 9.18 Å². The Morgan fingerprint density at radius 3 is 3.04 bits per heavy atom. The number of furan rings is 1. The summed E-state index contributed by atoms with van der Waals surface area (Å²) in [5, 5.41) is 10.7. The maximum absolute atomic E-state index is 13.4. The molecule has 2 aromatic heterocycles. The van der Waals surface area contributed by atoms with E-state index in [1.54, 1.807) is 18.2 Å². The molecule has 0 fully saturated rings. The third-order valence-electron chi connectivity index (χ3n) is 3.71. The van der Waals surface area contributed by atoms with Crippen LogP contribution in [0.2, 0.25) is 0 Å². The summed E-state index contributed by atoms with van der Waals surface area (Å²) in [7, 11) is 0. The van der Waals surface area contributed by atoms with Crippen LogP contribution in [0.4, 0.5) is 15.8 Å². The van der Waals surface area contributed by atoms with E-state index in [1.807, 2.05) is 4.90 Å². The predicted octanol–water partition coefficient (Wildman–Crippen LogP) is 2.82. The lowest BCUT2D eigenvalue weighted by molar-refractivity contribution is -0.115. The van der Waals surface area contributed by atoms with E-state index in [1.165, 1.54) is 18.4 Å². The van der Waals surface area contributed by atoms with E-state index in [-0.39, 0.29) is 12.3 Å². The molecule has 7 nitrogen and oxygen atoms in total. The zero-order chi connectivity index (χ0) is 16.5. The van der Waals surface area contributed by atoms with Crippen molar-refractivity contribution in [3.8, 4) is 11.7 Å². The SMILES string of the molecule is O=C1CCN(Cc2nnc(-c3ccco3)o2)c2ccc(F)cc2N1. The molecule has 8 heteroatoms. The number of hydrogen-bond acceptors (Lipinski definition) is 6. The van der Waals surface area contributed by atoms with Crippen LogP contribution in [0.5, 0.6) is 0 Å². The Hall–Kier alpha value is -3.16. The number of hydrogen-bond donors (Lipinski definition) is 1. The van der Waals surface area contributed by atoms with Crippen molar-refractivity contribution in [2.24, 2.45) is 0 Å². The molecular weight excluding hydrogens is 315 g/mol. The van der Waals surface area contributed by atoms with Gasteiger partial charge in [0.2, 0.25) is 11.8 Å². The largest absolute Gasteiger partial charge is 0.459 e. The Balaban J connectivity index is 1.61. The molecule has 0 radical (unpaired) electrons. The third kappa shape index (κ3) is 2.73. The molecule has 1 aliphatic rings. The number of benzene rings is 1. The molecule has 3 aromatic rings. The summed E-state index contributed by atoms with van der Waals surface area (Å²) in [6.07, 6.45) is 1.81. The molecular formula is C16H13FN4O3. The molecule has 3 heterocycles. The van der Waals surface area contributed by atoms with Crippen LogP contribution in [-0.2, 0) is 11.3 Å². The van der Waals surface area contributed by atoms with Crippen LogP contribution in [0.3, 0.4) is 0 Å². The molecule has 1 aromatic carbocycles. The minimum absolute atomic E-state index is 0.161. The maximum atomic E-state index is 13.4. The van der Waals surface area contributed by atoms with Crippen LogP contribution < -0.4 is 10.2 Å². The minimum atomic E-state index is -0.409. The number of carbonyl (C=O) groups is 1. The zero-order valence-corrected chi connectivity index (χ0v) is 12.5. The van der Waals surface area contributed by atoms with Crippen molar-refractivity contribution in [2.75, 3.05) is 16.8 Å². The third-order valence-corrected chi connectivity index (χ3v) is 3.71. The summed E-state index contributed by atoms with van der Waals surface area (Å²) in [5.74, 6) is 0.591. The molecule has 122 valence electrons. The van der Waals surface area contributed by atoms with Gasteiger partial charge in [0, 0.05) is 13.0 Å². The van der Waals surface area contributed by atoms with Crippen LogP contribution in [0.15, 0.2) is 45.4 Å². The topological polar surface area (TPSA) is 84.4 Å². The van der Waals surface area contributed by atoms with E-state index in [4.69, 9.17) is 8.83 Å². The van der Waals surface area contributed by atoms with Gasteiger partial charge in [-0.05, 0) is 30.3 Å². The Morgan fingerprint density at radius 2 is 2.21 bits per heavy atom. The molecule has 24 heavy (non-hydrogen) atoms. The van der Waals surface area contributed by atoms with Gasteiger partial charge >= 0.3 is 0 Å². The molecule has 0 spiro atoms. The van der Waals surface area contributed by atoms with Gasteiger partial charge in [-0.15, -0.1) is 10.2 Å². The average Bonchev–Trinajstić information content (AvgIpc) is 3.20. The first kappa shape index (κ1) is 14.4. The Bertz CT molecular complexity index is 875. The monoisotopic (exact) mass is 328 g/mol. The highest BCUT2D eigenvalue weighted by Gasteiger charge is 2.22. The van der Waals surface area contributed by atoms with Crippen LogP contribution in [0.1, 0.15) is 12.3 Å². The van der Waals surface area contributed by atoms with Gasteiger partial charge in [-0.25, -0.2) is 4.39 Å². The molecule has 1 aliphatic heterocycles. The van der Waals surface area contributed by atoms with Gasteiger partial charge in [0.05, 0.1) is 24.2 Å². The standard InChI is InChI=1S/C16H13FN4O3/c17-10-3-4-12-11(8-10)18-14(22)5-6-21(12)9-15-19-20-16(24-15)13-2-1-7-23-13/h1-4,7-8H,5-6,9H2,(H,18,22). The number of rotatable bonds is 3. The molecule has 0 saturated carbocycles. The number of nitrogens with zero attached hydrogens (tertiary/aromatic N) is 3. The number of fused-ring (bicyclic) bond motifs is 1.